The molecule has 6 nitrogen and oxygen atoms in total. The molecule has 0 aliphatic carbocycles. The average molecular weight is 307 g/mol. The van der Waals surface area contributed by atoms with E-state index in [2.05, 4.69) is 19.9 Å². The van der Waals surface area contributed by atoms with Crippen LogP contribution in [0.4, 0.5) is 19.1 Å². The van der Waals surface area contributed by atoms with Crippen LogP contribution in [0.3, 0.4) is 0 Å². The van der Waals surface area contributed by atoms with Crippen molar-refractivity contribution in [1.82, 2.24) is 24.5 Å². The normalized spacial score (nSPS) is 11.7. The Morgan fingerprint density at radius 2 is 2.05 bits per heavy atom. The van der Waals surface area contributed by atoms with Crippen molar-refractivity contribution in [1.29, 1.82) is 0 Å². The first kappa shape index (κ1) is 14.5. The Hall–Kier alpha value is -1.90. The van der Waals surface area contributed by atoms with Crippen molar-refractivity contribution < 1.29 is 13.2 Å². The highest BCUT2D eigenvalue weighted by Gasteiger charge is 2.31. The van der Waals surface area contributed by atoms with Crippen molar-refractivity contribution in [3.05, 3.63) is 24.0 Å². The van der Waals surface area contributed by atoms with Gasteiger partial charge in [-0.15, -0.1) is 0 Å². The monoisotopic (exact) mass is 306 g/mol. The van der Waals surface area contributed by atoms with Gasteiger partial charge < -0.3 is 4.90 Å². The number of alkyl halides is 3. The summed E-state index contributed by atoms with van der Waals surface area (Å²) in [6, 6.07) is 0. The summed E-state index contributed by atoms with van der Waals surface area (Å²) in [6.45, 7) is 0.497. The predicted molar refractivity (Wildman–Crippen MR) is 65.9 cm³/mol. The molecule has 0 atom stereocenters. The molecule has 0 fully saturated rings. The Kier molecular flexibility index (Phi) is 4.07. The van der Waals surface area contributed by atoms with Crippen LogP contribution in [0.25, 0.3) is 5.95 Å². The number of rotatable bonds is 4. The maximum atomic E-state index is 12.5. The second-order valence-corrected chi connectivity index (χ2v) is 4.14. The maximum absolute atomic E-state index is 12.5. The lowest BCUT2D eigenvalue weighted by atomic mass is 10.5. The van der Waals surface area contributed by atoms with Crippen LogP contribution in [0.1, 0.15) is 6.92 Å². The van der Waals surface area contributed by atoms with Crippen LogP contribution in [0.15, 0.2) is 18.7 Å². The fourth-order valence-electron chi connectivity index (χ4n) is 1.50. The first-order chi connectivity index (χ1) is 9.39. The molecule has 0 amide bonds. The van der Waals surface area contributed by atoms with Crippen LogP contribution in [-0.2, 0) is 0 Å². The van der Waals surface area contributed by atoms with Gasteiger partial charge in [0.15, 0.2) is 0 Å². The number of halogens is 4. The smallest absolute Gasteiger partial charge is 0.332 e. The van der Waals surface area contributed by atoms with Crippen LogP contribution < -0.4 is 4.90 Å². The lowest BCUT2D eigenvalue weighted by molar-refractivity contribution is -0.119. The molecule has 0 aromatic carbocycles. The summed E-state index contributed by atoms with van der Waals surface area (Å²) in [7, 11) is 0. The first-order valence-corrected chi connectivity index (χ1v) is 5.98. The van der Waals surface area contributed by atoms with Gasteiger partial charge in [0.25, 0.3) is 0 Å². The summed E-state index contributed by atoms with van der Waals surface area (Å²) in [5.41, 5.74) is 0. The van der Waals surface area contributed by atoms with E-state index in [0.717, 1.165) is 4.90 Å². The number of imidazole rings is 1. The molecule has 0 radical (unpaired) electrons. The highest BCUT2D eigenvalue weighted by molar-refractivity contribution is 6.28. The Morgan fingerprint density at radius 1 is 1.30 bits per heavy atom. The number of hydrogen-bond donors (Lipinski definition) is 0. The van der Waals surface area contributed by atoms with Crippen LogP contribution in [0.5, 0.6) is 0 Å². The molecular formula is C10H10ClF3N6. The van der Waals surface area contributed by atoms with Crippen LogP contribution >= 0.6 is 11.6 Å². The molecule has 10 heteroatoms. The number of hydrogen-bond acceptors (Lipinski definition) is 5. The summed E-state index contributed by atoms with van der Waals surface area (Å²) in [5, 5.41) is -0.181. The zero-order chi connectivity index (χ0) is 14.8. The molecule has 2 aromatic rings. The van der Waals surface area contributed by atoms with E-state index in [4.69, 9.17) is 11.6 Å². The molecule has 0 N–H and O–H groups in total. The fourth-order valence-corrected chi connectivity index (χ4v) is 1.66. The lowest BCUT2D eigenvalue weighted by Crippen LogP contribution is -2.35. The van der Waals surface area contributed by atoms with Gasteiger partial charge in [0.1, 0.15) is 12.9 Å². The molecule has 0 spiro atoms. The summed E-state index contributed by atoms with van der Waals surface area (Å²) in [5.74, 6) is -0.0216. The molecule has 2 aromatic heterocycles. The Balaban J connectivity index is 2.36. The zero-order valence-corrected chi connectivity index (χ0v) is 11.1. The number of anilines is 1. The zero-order valence-electron chi connectivity index (χ0n) is 10.3. The van der Waals surface area contributed by atoms with Crippen molar-refractivity contribution in [3.8, 4) is 5.95 Å². The molecule has 0 aliphatic heterocycles. The first-order valence-electron chi connectivity index (χ1n) is 5.60. The van der Waals surface area contributed by atoms with E-state index in [1.807, 2.05) is 0 Å². The van der Waals surface area contributed by atoms with Crippen LogP contribution in [-0.4, -0.2) is 43.8 Å². The van der Waals surface area contributed by atoms with Gasteiger partial charge in [0.05, 0.1) is 0 Å². The van der Waals surface area contributed by atoms with E-state index in [1.165, 1.54) is 17.1 Å². The van der Waals surface area contributed by atoms with Crippen LogP contribution in [0.2, 0.25) is 5.28 Å². The van der Waals surface area contributed by atoms with E-state index in [0.29, 0.717) is 0 Å². The summed E-state index contributed by atoms with van der Waals surface area (Å²) in [6.07, 6.45) is 0.0971. The van der Waals surface area contributed by atoms with Gasteiger partial charge in [-0.05, 0) is 18.5 Å². The van der Waals surface area contributed by atoms with Crippen molar-refractivity contribution in [2.75, 3.05) is 18.0 Å². The maximum Gasteiger partial charge on any atom is 0.406 e. The lowest BCUT2D eigenvalue weighted by Gasteiger charge is -2.22. The van der Waals surface area contributed by atoms with Crippen molar-refractivity contribution in [2.24, 2.45) is 0 Å². The standard InChI is InChI=1S/C10H10ClF3N6/c1-2-19(5-10(12,13)14)8-16-7(11)17-9(18-8)20-4-3-15-6-20/h3-4,6H,2,5H2,1H3. The SMILES string of the molecule is CCN(CC(F)(F)F)c1nc(Cl)nc(-n2ccnc2)n1. The van der Waals surface area contributed by atoms with E-state index in [9.17, 15) is 13.2 Å². The number of aromatic nitrogens is 5. The minimum absolute atomic E-state index is 0.0865. The van der Waals surface area contributed by atoms with Gasteiger partial charge in [0.2, 0.25) is 17.2 Å². The minimum atomic E-state index is -4.36. The second-order valence-electron chi connectivity index (χ2n) is 3.80. The fraction of sp³-hybridized carbons (Fsp3) is 0.400. The van der Waals surface area contributed by atoms with E-state index in [-0.39, 0.29) is 23.7 Å². The third kappa shape index (κ3) is 3.56. The highest BCUT2D eigenvalue weighted by atomic mass is 35.5. The molecule has 0 saturated heterocycles. The van der Waals surface area contributed by atoms with Crippen molar-refractivity contribution in [3.63, 3.8) is 0 Å². The van der Waals surface area contributed by atoms with E-state index < -0.39 is 12.7 Å². The Labute approximate surface area is 117 Å². The van der Waals surface area contributed by atoms with Gasteiger partial charge in [-0.1, -0.05) is 0 Å². The van der Waals surface area contributed by atoms with E-state index in [1.54, 1.807) is 13.1 Å². The van der Waals surface area contributed by atoms with E-state index >= 15 is 0 Å². The van der Waals surface area contributed by atoms with Crippen molar-refractivity contribution in [2.45, 2.75) is 13.1 Å². The third-order valence-electron chi connectivity index (χ3n) is 2.35. The highest BCUT2D eigenvalue weighted by Crippen LogP contribution is 2.20. The molecular weight excluding hydrogens is 297 g/mol. The predicted octanol–water partition coefficient (Wildman–Crippen LogP) is 2.10. The summed E-state index contributed by atoms with van der Waals surface area (Å²) >= 11 is 5.74. The minimum Gasteiger partial charge on any atom is -0.332 e. The molecule has 108 valence electrons. The third-order valence-corrected chi connectivity index (χ3v) is 2.52. The molecule has 0 bridgehead atoms. The molecule has 2 heterocycles. The van der Waals surface area contributed by atoms with Crippen LogP contribution in [0, 0.1) is 0 Å². The van der Waals surface area contributed by atoms with Gasteiger partial charge >= 0.3 is 6.18 Å². The molecule has 0 aliphatic rings. The molecule has 20 heavy (non-hydrogen) atoms. The summed E-state index contributed by atoms with van der Waals surface area (Å²) < 4.78 is 38.9. The van der Waals surface area contributed by atoms with Crippen molar-refractivity contribution >= 4 is 17.5 Å². The summed E-state index contributed by atoms with van der Waals surface area (Å²) in [4.78, 5) is 16.3. The Bertz CT molecular complexity index is 571. The van der Waals surface area contributed by atoms with Gasteiger partial charge in [0, 0.05) is 18.9 Å². The molecule has 2 rings (SSSR count). The largest absolute Gasteiger partial charge is 0.406 e. The van der Waals surface area contributed by atoms with Gasteiger partial charge in [-0.25, -0.2) is 4.98 Å². The quantitative estimate of drug-likeness (QED) is 0.865. The average Bonchev–Trinajstić information content (AvgIpc) is 2.88. The van der Waals surface area contributed by atoms with Gasteiger partial charge in [-0.3, -0.25) is 4.57 Å². The second kappa shape index (κ2) is 5.61. The Morgan fingerprint density at radius 3 is 2.60 bits per heavy atom. The topological polar surface area (TPSA) is 59.7 Å². The molecule has 0 unspecified atom stereocenters. The number of nitrogens with zero attached hydrogens (tertiary/aromatic N) is 6. The molecule has 0 saturated carbocycles. The van der Waals surface area contributed by atoms with Gasteiger partial charge in [-0.2, -0.15) is 28.1 Å².